The average Bonchev–Trinajstić information content (AvgIpc) is 3.16. The van der Waals surface area contributed by atoms with Crippen LogP contribution in [0.1, 0.15) is 16.8 Å². The number of pyridine rings is 1. The number of ether oxygens (including phenoxy) is 1. The molecule has 0 aliphatic carbocycles. The Morgan fingerprint density at radius 3 is 3.00 bits per heavy atom. The molecule has 128 valence electrons. The second-order valence-corrected chi connectivity index (χ2v) is 6.35. The van der Waals surface area contributed by atoms with Crippen LogP contribution in [-0.4, -0.2) is 33.5 Å². The van der Waals surface area contributed by atoms with Gasteiger partial charge in [-0.1, -0.05) is 11.6 Å². The van der Waals surface area contributed by atoms with Crippen molar-refractivity contribution in [2.45, 2.75) is 19.5 Å². The lowest BCUT2D eigenvalue weighted by molar-refractivity contribution is 0.242. The molecule has 3 aromatic rings. The van der Waals surface area contributed by atoms with Gasteiger partial charge in [-0.15, -0.1) is 0 Å². The van der Waals surface area contributed by atoms with Gasteiger partial charge >= 0.3 is 0 Å². The van der Waals surface area contributed by atoms with Crippen molar-refractivity contribution in [3.63, 3.8) is 0 Å². The molecule has 0 saturated heterocycles. The number of aromatic nitrogens is 3. The predicted molar refractivity (Wildman–Crippen MR) is 93.4 cm³/mol. The van der Waals surface area contributed by atoms with Gasteiger partial charge in [0.15, 0.2) is 11.6 Å². The SMILES string of the molecule is COc1ncc(CN2CCc3nc(-c4ccco4)ncc3C2)cc1Cl. The van der Waals surface area contributed by atoms with Gasteiger partial charge in [0.05, 0.1) is 19.1 Å². The highest BCUT2D eigenvalue weighted by Gasteiger charge is 2.20. The van der Waals surface area contributed by atoms with E-state index in [1.165, 1.54) is 0 Å². The number of furan rings is 1. The number of fused-ring (bicyclic) bond motifs is 1. The Hall–Kier alpha value is -2.44. The fraction of sp³-hybridized carbons (Fsp3) is 0.278. The molecular weight excluding hydrogens is 340 g/mol. The van der Waals surface area contributed by atoms with Gasteiger partial charge in [-0.3, -0.25) is 4.90 Å². The Morgan fingerprint density at radius 1 is 1.32 bits per heavy atom. The molecule has 1 aliphatic rings. The third-order valence-electron chi connectivity index (χ3n) is 4.22. The first kappa shape index (κ1) is 16.1. The molecule has 3 aromatic heterocycles. The molecule has 0 amide bonds. The van der Waals surface area contributed by atoms with Gasteiger partial charge in [0.2, 0.25) is 5.88 Å². The Labute approximate surface area is 150 Å². The van der Waals surface area contributed by atoms with E-state index in [9.17, 15) is 0 Å². The predicted octanol–water partition coefficient (Wildman–Crippen LogP) is 3.35. The van der Waals surface area contributed by atoms with Crippen LogP contribution < -0.4 is 4.74 Å². The molecule has 0 N–H and O–H groups in total. The largest absolute Gasteiger partial charge is 0.480 e. The summed E-state index contributed by atoms with van der Waals surface area (Å²) >= 11 is 6.16. The minimum absolute atomic E-state index is 0.452. The highest BCUT2D eigenvalue weighted by atomic mass is 35.5. The van der Waals surface area contributed by atoms with Gasteiger partial charge in [0.1, 0.15) is 5.02 Å². The van der Waals surface area contributed by atoms with E-state index >= 15 is 0 Å². The van der Waals surface area contributed by atoms with Crippen LogP contribution >= 0.6 is 11.6 Å². The van der Waals surface area contributed by atoms with Gasteiger partial charge in [-0.2, -0.15) is 0 Å². The topological polar surface area (TPSA) is 64.3 Å². The quantitative estimate of drug-likeness (QED) is 0.714. The third-order valence-corrected chi connectivity index (χ3v) is 4.49. The van der Waals surface area contributed by atoms with Crippen molar-refractivity contribution in [2.75, 3.05) is 13.7 Å². The number of hydrogen-bond donors (Lipinski definition) is 0. The number of halogens is 1. The Balaban J connectivity index is 1.48. The van der Waals surface area contributed by atoms with Crippen molar-refractivity contribution < 1.29 is 9.15 Å². The molecule has 6 nitrogen and oxygen atoms in total. The van der Waals surface area contributed by atoms with E-state index in [4.69, 9.17) is 20.8 Å². The zero-order valence-corrected chi connectivity index (χ0v) is 14.5. The van der Waals surface area contributed by atoms with Crippen molar-refractivity contribution in [3.8, 4) is 17.5 Å². The second-order valence-electron chi connectivity index (χ2n) is 5.94. The summed E-state index contributed by atoms with van der Waals surface area (Å²) in [6, 6.07) is 5.62. The van der Waals surface area contributed by atoms with Crippen molar-refractivity contribution in [2.24, 2.45) is 0 Å². The maximum absolute atomic E-state index is 6.16. The molecule has 0 unspecified atom stereocenters. The van der Waals surface area contributed by atoms with Crippen molar-refractivity contribution in [1.82, 2.24) is 19.9 Å². The molecule has 0 spiro atoms. The van der Waals surface area contributed by atoms with Crippen LogP contribution in [0.25, 0.3) is 11.6 Å². The monoisotopic (exact) mass is 356 g/mol. The molecule has 4 heterocycles. The average molecular weight is 357 g/mol. The zero-order valence-electron chi connectivity index (χ0n) is 13.8. The van der Waals surface area contributed by atoms with Gasteiger partial charge in [0.25, 0.3) is 0 Å². The lowest BCUT2D eigenvalue weighted by Gasteiger charge is -2.28. The van der Waals surface area contributed by atoms with E-state index in [-0.39, 0.29) is 0 Å². The molecule has 0 fully saturated rings. The molecule has 7 heteroatoms. The Bertz CT molecular complexity index is 883. The van der Waals surface area contributed by atoms with Crippen LogP contribution in [0.5, 0.6) is 5.88 Å². The van der Waals surface area contributed by atoms with Crippen molar-refractivity contribution in [1.29, 1.82) is 0 Å². The van der Waals surface area contributed by atoms with Crippen molar-refractivity contribution in [3.05, 3.63) is 58.7 Å². The van der Waals surface area contributed by atoms with E-state index < -0.39 is 0 Å². The fourth-order valence-electron chi connectivity index (χ4n) is 2.99. The summed E-state index contributed by atoms with van der Waals surface area (Å²) < 4.78 is 10.5. The molecule has 0 bridgehead atoms. The van der Waals surface area contributed by atoms with Gasteiger partial charge < -0.3 is 9.15 Å². The summed E-state index contributed by atoms with van der Waals surface area (Å²) in [5.41, 5.74) is 3.29. The van der Waals surface area contributed by atoms with E-state index in [0.717, 1.165) is 42.9 Å². The summed E-state index contributed by atoms with van der Waals surface area (Å²) in [6.07, 6.45) is 6.21. The first-order valence-electron chi connectivity index (χ1n) is 8.02. The van der Waals surface area contributed by atoms with E-state index in [1.54, 1.807) is 19.6 Å². The molecule has 0 saturated carbocycles. The van der Waals surface area contributed by atoms with Crippen LogP contribution in [0.3, 0.4) is 0 Å². The normalized spacial score (nSPS) is 14.3. The summed E-state index contributed by atoms with van der Waals surface area (Å²) in [7, 11) is 1.56. The molecule has 0 atom stereocenters. The van der Waals surface area contributed by atoms with E-state index in [0.29, 0.717) is 22.5 Å². The molecule has 1 aliphatic heterocycles. The first-order valence-corrected chi connectivity index (χ1v) is 8.40. The summed E-state index contributed by atoms with van der Waals surface area (Å²) in [5.74, 6) is 1.79. The van der Waals surface area contributed by atoms with E-state index in [2.05, 4.69) is 19.9 Å². The summed E-state index contributed by atoms with van der Waals surface area (Å²) in [5, 5.41) is 0.531. The Kier molecular flexibility index (Phi) is 4.38. The van der Waals surface area contributed by atoms with Gasteiger partial charge in [-0.05, 0) is 23.8 Å². The van der Waals surface area contributed by atoms with Crippen LogP contribution in [0.15, 0.2) is 41.3 Å². The highest BCUT2D eigenvalue weighted by molar-refractivity contribution is 6.31. The smallest absolute Gasteiger partial charge is 0.232 e. The number of rotatable bonds is 4. The minimum atomic E-state index is 0.452. The number of hydrogen-bond acceptors (Lipinski definition) is 6. The van der Waals surface area contributed by atoms with E-state index in [1.807, 2.05) is 24.4 Å². The molecule has 4 rings (SSSR count). The maximum Gasteiger partial charge on any atom is 0.232 e. The lowest BCUT2D eigenvalue weighted by Crippen LogP contribution is -2.31. The number of nitrogens with zero attached hydrogens (tertiary/aromatic N) is 4. The maximum atomic E-state index is 6.16. The van der Waals surface area contributed by atoms with Crippen LogP contribution in [-0.2, 0) is 19.5 Å². The standard InChI is InChI=1S/C18H17ClN4O2/c1-24-18-14(19)7-12(8-21-18)10-23-5-4-15-13(11-23)9-20-17(22-15)16-3-2-6-25-16/h2-3,6-9H,4-5,10-11H2,1H3. The zero-order chi connectivity index (χ0) is 17.2. The minimum Gasteiger partial charge on any atom is -0.480 e. The summed E-state index contributed by atoms with van der Waals surface area (Å²) in [6.45, 7) is 2.50. The molecular formula is C18H17ClN4O2. The fourth-order valence-corrected chi connectivity index (χ4v) is 3.26. The molecule has 0 radical (unpaired) electrons. The molecule has 25 heavy (non-hydrogen) atoms. The molecule has 0 aromatic carbocycles. The first-order chi connectivity index (χ1) is 12.2. The van der Waals surface area contributed by atoms with Crippen LogP contribution in [0, 0.1) is 0 Å². The van der Waals surface area contributed by atoms with Crippen LogP contribution in [0.4, 0.5) is 0 Å². The second kappa shape index (κ2) is 6.82. The lowest BCUT2D eigenvalue weighted by atomic mass is 10.1. The van der Waals surface area contributed by atoms with Crippen molar-refractivity contribution >= 4 is 11.6 Å². The number of methoxy groups -OCH3 is 1. The highest BCUT2D eigenvalue weighted by Crippen LogP contribution is 2.25. The van der Waals surface area contributed by atoms with Gasteiger partial charge in [-0.25, -0.2) is 15.0 Å². The van der Waals surface area contributed by atoms with Crippen LogP contribution in [0.2, 0.25) is 5.02 Å². The third kappa shape index (κ3) is 3.36. The van der Waals surface area contributed by atoms with Gasteiger partial charge in [0, 0.05) is 44.0 Å². The summed E-state index contributed by atoms with van der Waals surface area (Å²) in [4.78, 5) is 15.6. The Morgan fingerprint density at radius 2 is 2.24 bits per heavy atom.